The Balaban J connectivity index is 1.55. The summed E-state index contributed by atoms with van der Waals surface area (Å²) in [7, 11) is 0. The van der Waals surface area contributed by atoms with Gasteiger partial charge in [0.05, 0.1) is 16.5 Å². The van der Waals surface area contributed by atoms with Gasteiger partial charge in [0, 0.05) is 29.1 Å². The maximum absolute atomic E-state index is 13.6. The Hall–Kier alpha value is -5.44. The molecular weight excluding hydrogens is 491 g/mol. The van der Waals surface area contributed by atoms with Crippen molar-refractivity contribution < 1.29 is 27.9 Å². The van der Waals surface area contributed by atoms with Crippen molar-refractivity contribution in [2.45, 2.75) is 0 Å². The van der Waals surface area contributed by atoms with Crippen LogP contribution in [0.2, 0.25) is 0 Å². The van der Waals surface area contributed by atoms with Crippen LogP contribution in [0.1, 0.15) is 20.7 Å². The van der Waals surface area contributed by atoms with Gasteiger partial charge in [0.25, 0.3) is 0 Å². The number of hydrogen-bond donors (Lipinski definition) is 2. The number of fused-ring (bicyclic) bond motifs is 1. The zero-order valence-corrected chi connectivity index (χ0v) is 19.6. The zero-order valence-electron chi connectivity index (χ0n) is 19.6. The normalized spacial score (nSPS) is 10.8. The number of anilines is 2. The van der Waals surface area contributed by atoms with E-state index in [4.69, 9.17) is 25.4 Å². The van der Waals surface area contributed by atoms with E-state index in [0.717, 1.165) is 6.07 Å². The molecule has 0 amide bonds. The summed E-state index contributed by atoms with van der Waals surface area (Å²) >= 11 is 0. The molecule has 4 N–H and O–H groups in total. The van der Waals surface area contributed by atoms with Crippen LogP contribution in [0.3, 0.4) is 0 Å². The molecule has 1 heterocycles. The lowest BCUT2D eigenvalue weighted by Crippen LogP contribution is -2.11. The summed E-state index contributed by atoms with van der Waals surface area (Å²) in [5, 5.41) is 0.0645. The molecule has 0 unspecified atom stereocenters. The molecule has 0 aliphatic heterocycles. The lowest BCUT2D eigenvalue weighted by atomic mass is 10.1. The highest BCUT2D eigenvalue weighted by molar-refractivity contribution is 5.93. The van der Waals surface area contributed by atoms with Gasteiger partial charge in [0.2, 0.25) is 0 Å². The summed E-state index contributed by atoms with van der Waals surface area (Å²) in [5.74, 6) is -1.82. The Kier molecular flexibility index (Phi) is 6.32. The van der Waals surface area contributed by atoms with Crippen LogP contribution < -0.4 is 26.4 Å². The molecule has 8 nitrogen and oxygen atoms in total. The van der Waals surface area contributed by atoms with E-state index in [-0.39, 0.29) is 44.9 Å². The standard InChI is InChI=1S/C29H19FN2O6/c30-19-5-10-26-24(13-19)25(33)15-27(38-26)18-11-22(36-28(34)16-1-6-20(31)7-2-16)14-23(12-18)37-29(35)17-3-8-21(32)9-4-17/h1-15H,31-32H2. The third-order valence-electron chi connectivity index (χ3n) is 5.57. The number of halogens is 1. The van der Waals surface area contributed by atoms with Crippen molar-refractivity contribution in [1.29, 1.82) is 0 Å². The Morgan fingerprint density at radius 3 is 1.74 bits per heavy atom. The van der Waals surface area contributed by atoms with Gasteiger partial charge in [-0.3, -0.25) is 4.79 Å². The fourth-order valence-corrected chi connectivity index (χ4v) is 3.67. The molecular formula is C29H19FN2O6. The first-order chi connectivity index (χ1) is 18.2. The van der Waals surface area contributed by atoms with Crippen molar-refractivity contribution in [1.82, 2.24) is 0 Å². The van der Waals surface area contributed by atoms with Gasteiger partial charge in [-0.15, -0.1) is 0 Å². The summed E-state index contributed by atoms with van der Waals surface area (Å²) in [6.07, 6.45) is 0. The summed E-state index contributed by atoms with van der Waals surface area (Å²) in [4.78, 5) is 38.1. The minimum Gasteiger partial charge on any atom is -0.456 e. The van der Waals surface area contributed by atoms with Crippen LogP contribution in [0.5, 0.6) is 11.5 Å². The molecule has 0 atom stereocenters. The maximum Gasteiger partial charge on any atom is 0.343 e. The highest BCUT2D eigenvalue weighted by atomic mass is 19.1. The smallest absolute Gasteiger partial charge is 0.343 e. The predicted molar refractivity (Wildman–Crippen MR) is 140 cm³/mol. The summed E-state index contributed by atoms with van der Waals surface area (Å²) in [5.41, 5.74) is 12.7. The molecule has 38 heavy (non-hydrogen) atoms. The fourth-order valence-electron chi connectivity index (χ4n) is 3.67. The molecule has 9 heteroatoms. The molecule has 188 valence electrons. The molecule has 0 saturated carbocycles. The monoisotopic (exact) mass is 510 g/mol. The first kappa shape index (κ1) is 24.3. The van der Waals surface area contributed by atoms with Crippen LogP contribution in [0.25, 0.3) is 22.3 Å². The molecule has 0 spiro atoms. The zero-order chi connectivity index (χ0) is 26.8. The van der Waals surface area contributed by atoms with Crippen molar-refractivity contribution in [3.63, 3.8) is 0 Å². The summed E-state index contributed by atoms with van der Waals surface area (Å²) in [6, 6.07) is 21.2. The minimum absolute atomic E-state index is 0.0197. The van der Waals surface area contributed by atoms with Crippen molar-refractivity contribution in [3.05, 3.63) is 118 Å². The second kappa shape index (κ2) is 9.90. The van der Waals surface area contributed by atoms with Crippen molar-refractivity contribution >= 4 is 34.3 Å². The van der Waals surface area contributed by atoms with Crippen LogP contribution >= 0.6 is 0 Å². The van der Waals surface area contributed by atoms with E-state index < -0.39 is 23.2 Å². The second-order valence-corrected chi connectivity index (χ2v) is 8.33. The fraction of sp³-hybridized carbons (Fsp3) is 0. The molecule has 0 aliphatic carbocycles. The van der Waals surface area contributed by atoms with E-state index in [9.17, 15) is 18.8 Å². The Morgan fingerprint density at radius 1 is 0.684 bits per heavy atom. The lowest BCUT2D eigenvalue weighted by molar-refractivity contribution is 0.0733. The van der Waals surface area contributed by atoms with E-state index in [2.05, 4.69) is 0 Å². The molecule has 0 saturated heterocycles. The first-order valence-electron chi connectivity index (χ1n) is 11.3. The van der Waals surface area contributed by atoms with Crippen LogP contribution in [0.4, 0.5) is 15.8 Å². The van der Waals surface area contributed by atoms with E-state index in [1.54, 1.807) is 24.3 Å². The summed E-state index contributed by atoms with van der Waals surface area (Å²) < 4.78 is 30.5. The Bertz CT molecular complexity index is 1670. The molecule has 0 bridgehead atoms. The highest BCUT2D eigenvalue weighted by Gasteiger charge is 2.16. The summed E-state index contributed by atoms with van der Waals surface area (Å²) in [6.45, 7) is 0. The topological polar surface area (TPSA) is 135 Å². The quantitative estimate of drug-likeness (QED) is 0.187. The predicted octanol–water partition coefficient (Wildman–Crippen LogP) is 5.20. The number of nitrogens with two attached hydrogens (primary N) is 2. The van der Waals surface area contributed by atoms with E-state index in [0.29, 0.717) is 11.4 Å². The first-order valence-corrected chi connectivity index (χ1v) is 11.3. The van der Waals surface area contributed by atoms with Crippen LogP contribution in [0.15, 0.2) is 100 Å². The van der Waals surface area contributed by atoms with Crippen molar-refractivity contribution in [3.8, 4) is 22.8 Å². The third-order valence-corrected chi connectivity index (χ3v) is 5.57. The van der Waals surface area contributed by atoms with E-state index >= 15 is 0 Å². The molecule has 5 rings (SSSR count). The van der Waals surface area contributed by atoms with Gasteiger partial charge in [-0.1, -0.05) is 0 Å². The average Bonchev–Trinajstić information content (AvgIpc) is 2.89. The highest BCUT2D eigenvalue weighted by Crippen LogP contribution is 2.32. The van der Waals surface area contributed by atoms with Crippen molar-refractivity contribution in [2.24, 2.45) is 0 Å². The molecule has 0 aliphatic rings. The number of nitrogen functional groups attached to an aromatic ring is 2. The third kappa shape index (κ3) is 5.21. The van der Waals surface area contributed by atoms with Gasteiger partial charge < -0.3 is 25.4 Å². The second-order valence-electron chi connectivity index (χ2n) is 8.33. The Morgan fingerprint density at radius 2 is 1.21 bits per heavy atom. The number of hydrogen-bond acceptors (Lipinski definition) is 8. The maximum atomic E-state index is 13.6. The number of benzene rings is 4. The van der Waals surface area contributed by atoms with Crippen LogP contribution in [-0.2, 0) is 0 Å². The largest absolute Gasteiger partial charge is 0.456 e. The van der Waals surface area contributed by atoms with Gasteiger partial charge in [0.1, 0.15) is 28.7 Å². The van der Waals surface area contributed by atoms with Gasteiger partial charge in [-0.05, 0) is 78.9 Å². The SMILES string of the molecule is Nc1ccc(C(=O)Oc2cc(OC(=O)c3ccc(N)cc3)cc(-c3cc(=O)c4cc(F)ccc4o3)c2)cc1. The van der Waals surface area contributed by atoms with Gasteiger partial charge in [-0.25, -0.2) is 14.0 Å². The molecule has 4 aromatic carbocycles. The number of ether oxygens (including phenoxy) is 2. The van der Waals surface area contributed by atoms with Gasteiger partial charge in [-0.2, -0.15) is 0 Å². The lowest BCUT2D eigenvalue weighted by Gasteiger charge is -2.11. The number of esters is 2. The number of carbonyl (C=O) groups excluding carboxylic acids is 2. The molecule has 1 aromatic heterocycles. The molecule has 0 fully saturated rings. The van der Waals surface area contributed by atoms with Crippen LogP contribution in [0, 0.1) is 5.82 Å². The number of rotatable bonds is 5. The molecule has 5 aromatic rings. The van der Waals surface area contributed by atoms with E-state index in [1.165, 1.54) is 60.7 Å². The number of carbonyl (C=O) groups is 2. The van der Waals surface area contributed by atoms with E-state index in [1.807, 2.05) is 0 Å². The minimum atomic E-state index is -0.687. The Labute approximate surface area is 214 Å². The van der Waals surface area contributed by atoms with Crippen LogP contribution in [-0.4, -0.2) is 11.9 Å². The average molecular weight is 510 g/mol. The van der Waals surface area contributed by atoms with Gasteiger partial charge >= 0.3 is 11.9 Å². The van der Waals surface area contributed by atoms with Gasteiger partial charge in [0.15, 0.2) is 5.43 Å². The van der Waals surface area contributed by atoms with Crippen molar-refractivity contribution in [2.75, 3.05) is 11.5 Å². The molecule has 0 radical (unpaired) electrons.